The van der Waals surface area contributed by atoms with Gasteiger partial charge in [0.05, 0.1) is 0 Å². The highest BCUT2D eigenvalue weighted by molar-refractivity contribution is 5.77. The van der Waals surface area contributed by atoms with Crippen molar-refractivity contribution in [1.82, 2.24) is 10.6 Å². The van der Waals surface area contributed by atoms with Gasteiger partial charge in [-0.1, -0.05) is 6.92 Å². The molecule has 18 heavy (non-hydrogen) atoms. The first-order valence-electron chi connectivity index (χ1n) is 6.00. The molecule has 1 fully saturated rings. The molecule has 0 spiro atoms. The van der Waals surface area contributed by atoms with Crippen LogP contribution in [0.25, 0.3) is 0 Å². The molecule has 0 aromatic heterocycles. The zero-order chi connectivity index (χ0) is 13.6. The van der Waals surface area contributed by atoms with Crippen molar-refractivity contribution in [3.63, 3.8) is 0 Å². The largest absolute Gasteiger partial charge is 0.411 e. The molecular weight excluding hydrogens is 249 g/mol. The van der Waals surface area contributed by atoms with Gasteiger partial charge < -0.3 is 15.4 Å². The molecule has 0 saturated carbocycles. The first-order chi connectivity index (χ1) is 8.38. The number of piperidine rings is 1. The van der Waals surface area contributed by atoms with E-state index in [1.807, 2.05) is 0 Å². The monoisotopic (exact) mass is 268 g/mol. The normalized spacial score (nSPS) is 24.9. The number of hydrogen-bond acceptors (Lipinski definition) is 3. The molecule has 0 radical (unpaired) electrons. The van der Waals surface area contributed by atoms with Crippen LogP contribution in [-0.2, 0) is 9.53 Å². The lowest BCUT2D eigenvalue weighted by Gasteiger charge is -2.29. The molecule has 1 aliphatic heterocycles. The molecule has 0 aromatic carbocycles. The minimum absolute atomic E-state index is 0.324. The van der Waals surface area contributed by atoms with E-state index in [9.17, 15) is 18.0 Å². The Balaban J connectivity index is 2.13. The second-order valence-electron chi connectivity index (χ2n) is 4.64. The smallest absolute Gasteiger partial charge is 0.362 e. The van der Waals surface area contributed by atoms with E-state index >= 15 is 0 Å². The van der Waals surface area contributed by atoms with Crippen molar-refractivity contribution < 1.29 is 22.7 Å². The van der Waals surface area contributed by atoms with Gasteiger partial charge in [-0.05, 0) is 31.3 Å². The van der Waals surface area contributed by atoms with Crippen LogP contribution < -0.4 is 10.6 Å². The van der Waals surface area contributed by atoms with Gasteiger partial charge in [-0.3, -0.25) is 4.79 Å². The number of amides is 1. The van der Waals surface area contributed by atoms with Crippen LogP contribution in [-0.4, -0.2) is 44.9 Å². The van der Waals surface area contributed by atoms with E-state index in [0.717, 1.165) is 19.5 Å². The molecule has 1 amide bonds. The van der Waals surface area contributed by atoms with Crippen LogP contribution in [0.2, 0.25) is 0 Å². The third-order valence-electron chi connectivity index (χ3n) is 3.05. The molecule has 1 heterocycles. The Morgan fingerprint density at radius 2 is 2.22 bits per heavy atom. The summed E-state index contributed by atoms with van der Waals surface area (Å²) < 4.78 is 39.6. The zero-order valence-corrected chi connectivity index (χ0v) is 10.3. The van der Waals surface area contributed by atoms with Crippen molar-refractivity contribution in [3.05, 3.63) is 0 Å². The summed E-state index contributed by atoms with van der Waals surface area (Å²) >= 11 is 0. The van der Waals surface area contributed by atoms with Crippen molar-refractivity contribution in [1.29, 1.82) is 0 Å². The molecule has 7 heteroatoms. The van der Waals surface area contributed by atoms with Gasteiger partial charge in [0.25, 0.3) is 0 Å². The molecule has 0 aromatic rings. The summed E-state index contributed by atoms with van der Waals surface area (Å²) in [6.07, 6.45) is -3.34. The lowest BCUT2D eigenvalue weighted by molar-refractivity contribution is -0.175. The molecule has 2 unspecified atom stereocenters. The molecule has 4 nitrogen and oxygen atoms in total. The van der Waals surface area contributed by atoms with Gasteiger partial charge in [0.2, 0.25) is 5.91 Å². The van der Waals surface area contributed by atoms with Crippen LogP contribution in [0.15, 0.2) is 0 Å². The van der Waals surface area contributed by atoms with Crippen LogP contribution >= 0.6 is 0 Å². The average Bonchev–Trinajstić information content (AvgIpc) is 2.26. The minimum atomic E-state index is -4.39. The number of halogens is 3. The number of ether oxygens (including phenoxy) is 1. The summed E-state index contributed by atoms with van der Waals surface area (Å²) in [5.74, 6) is 0.324. The summed E-state index contributed by atoms with van der Waals surface area (Å²) in [6.45, 7) is 2.45. The number of hydrogen-bond donors (Lipinski definition) is 2. The van der Waals surface area contributed by atoms with Crippen LogP contribution in [0, 0.1) is 11.8 Å². The fourth-order valence-electron chi connectivity index (χ4n) is 1.88. The van der Waals surface area contributed by atoms with Gasteiger partial charge >= 0.3 is 6.18 Å². The number of carbonyl (C=O) groups is 1. The lowest BCUT2D eigenvalue weighted by atomic mass is 9.88. The molecular formula is C11H19F3N2O2. The minimum Gasteiger partial charge on any atom is -0.362 e. The van der Waals surface area contributed by atoms with E-state index in [-0.39, 0.29) is 0 Å². The highest BCUT2D eigenvalue weighted by atomic mass is 19.4. The van der Waals surface area contributed by atoms with E-state index in [0.29, 0.717) is 18.4 Å². The number of alkyl halides is 3. The molecule has 2 N–H and O–H groups in total. The zero-order valence-electron chi connectivity index (χ0n) is 10.3. The second-order valence-corrected chi connectivity index (χ2v) is 4.64. The van der Waals surface area contributed by atoms with Crippen LogP contribution in [0.3, 0.4) is 0 Å². The molecule has 1 aliphatic rings. The van der Waals surface area contributed by atoms with Crippen LogP contribution in [0.1, 0.15) is 13.3 Å². The molecule has 0 bridgehead atoms. The van der Waals surface area contributed by atoms with Crippen molar-refractivity contribution >= 4 is 5.91 Å². The van der Waals surface area contributed by atoms with Gasteiger partial charge in [0.15, 0.2) is 0 Å². The Labute approximate surface area is 104 Å². The highest BCUT2D eigenvalue weighted by Gasteiger charge is 2.28. The SMILES string of the molecule is CC1CCNCC1CNC(=O)COCC(F)(F)F. The van der Waals surface area contributed by atoms with E-state index in [2.05, 4.69) is 22.3 Å². The van der Waals surface area contributed by atoms with Crippen molar-refractivity contribution in [2.75, 3.05) is 32.8 Å². The Bertz CT molecular complexity index is 272. The standard InChI is InChI=1S/C11H19F3N2O2/c1-8-2-3-15-4-9(8)5-16-10(17)6-18-7-11(12,13)14/h8-9,15H,2-7H2,1H3,(H,16,17). The third kappa shape index (κ3) is 6.20. The fourth-order valence-corrected chi connectivity index (χ4v) is 1.88. The van der Waals surface area contributed by atoms with E-state index in [1.165, 1.54) is 0 Å². The second kappa shape index (κ2) is 6.94. The summed E-state index contributed by atoms with van der Waals surface area (Å²) in [7, 11) is 0. The number of nitrogens with one attached hydrogen (secondary N) is 2. The summed E-state index contributed by atoms with van der Waals surface area (Å²) in [6, 6.07) is 0. The summed E-state index contributed by atoms with van der Waals surface area (Å²) in [5.41, 5.74) is 0. The molecule has 0 aliphatic carbocycles. The summed E-state index contributed by atoms with van der Waals surface area (Å²) in [4.78, 5) is 11.3. The van der Waals surface area contributed by atoms with Gasteiger partial charge in [-0.2, -0.15) is 13.2 Å². The summed E-state index contributed by atoms with van der Waals surface area (Å²) in [5, 5.41) is 5.82. The lowest BCUT2D eigenvalue weighted by Crippen LogP contribution is -2.43. The number of rotatable bonds is 5. The fraction of sp³-hybridized carbons (Fsp3) is 0.909. The maximum absolute atomic E-state index is 11.8. The van der Waals surface area contributed by atoms with Gasteiger partial charge in [0, 0.05) is 6.54 Å². The molecule has 1 rings (SSSR count). The van der Waals surface area contributed by atoms with Crippen molar-refractivity contribution in [2.45, 2.75) is 19.5 Å². The van der Waals surface area contributed by atoms with Crippen molar-refractivity contribution in [3.8, 4) is 0 Å². The first-order valence-corrected chi connectivity index (χ1v) is 6.00. The molecule has 2 atom stereocenters. The Hall–Kier alpha value is -0.820. The van der Waals surface area contributed by atoms with Gasteiger partial charge in [-0.25, -0.2) is 0 Å². The third-order valence-corrected chi connectivity index (χ3v) is 3.05. The van der Waals surface area contributed by atoms with Gasteiger partial charge in [0.1, 0.15) is 13.2 Å². The van der Waals surface area contributed by atoms with Crippen LogP contribution in [0.5, 0.6) is 0 Å². The Kier molecular flexibility index (Phi) is 5.87. The molecule has 1 saturated heterocycles. The maximum atomic E-state index is 11.8. The average molecular weight is 268 g/mol. The molecule has 106 valence electrons. The van der Waals surface area contributed by atoms with Crippen LogP contribution in [0.4, 0.5) is 13.2 Å². The van der Waals surface area contributed by atoms with E-state index in [1.54, 1.807) is 0 Å². The van der Waals surface area contributed by atoms with E-state index in [4.69, 9.17) is 0 Å². The topological polar surface area (TPSA) is 50.4 Å². The number of carbonyl (C=O) groups excluding carboxylic acids is 1. The van der Waals surface area contributed by atoms with Crippen molar-refractivity contribution in [2.24, 2.45) is 11.8 Å². The Morgan fingerprint density at radius 3 is 2.83 bits per heavy atom. The maximum Gasteiger partial charge on any atom is 0.411 e. The predicted octanol–water partition coefficient (Wildman–Crippen LogP) is 0.927. The highest BCUT2D eigenvalue weighted by Crippen LogP contribution is 2.17. The van der Waals surface area contributed by atoms with E-state index < -0.39 is 25.3 Å². The van der Waals surface area contributed by atoms with Gasteiger partial charge in [-0.15, -0.1) is 0 Å². The Morgan fingerprint density at radius 1 is 1.50 bits per heavy atom. The quantitative estimate of drug-likeness (QED) is 0.780. The first kappa shape index (κ1) is 15.2. The predicted molar refractivity (Wildman–Crippen MR) is 60.0 cm³/mol.